The lowest BCUT2D eigenvalue weighted by molar-refractivity contribution is 0.580. The summed E-state index contributed by atoms with van der Waals surface area (Å²) in [6.45, 7) is 2.33. The van der Waals surface area contributed by atoms with Crippen LogP contribution in [0.5, 0.6) is 0 Å². The monoisotopic (exact) mass is 135 g/mol. The summed E-state index contributed by atoms with van der Waals surface area (Å²) in [5.74, 6) is 2.48. The van der Waals surface area contributed by atoms with Gasteiger partial charge in [0, 0.05) is 18.3 Å². The average Bonchev–Trinajstić information content (AvgIpc) is 2.27. The van der Waals surface area contributed by atoms with Crippen LogP contribution in [0, 0.1) is 17.8 Å². The Balaban J connectivity index is 2.14. The molecule has 0 bridgehead atoms. The van der Waals surface area contributed by atoms with E-state index in [1.165, 1.54) is 12.8 Å². The number of nitrogens with zero attached hydrogens (tertiary/aromatic N) is 1. The van der Waals surface area contributed by atoms with E-state index < -0.39 is 0 Å². The summed E-state index contributed by atoms with van der Waals surface area (Å²) in [6.07, 6.45) is 9.03. The van der Waals surface area contributed by atoms with Crippen LogP contribution in [-0.2, 0) is 0 Å². The molecule has 3 atom stereocenters. The highest BCUT2D eigenvalue weighted by molar-refractivity contribution is 5.64. The second kappa shape index (κ2) is 2.22. The molecule has 1 saturated carbocycles. The van der Waals surface area contributed by atoms with Gasteiger partial charge >= 0.3 is 0 Å². The van der Waals surface area contributed by atoms with E-state index >= 15 is 0 Å². The molecule has 1 heteroatoms. The Morgan fingerprint density at radius 1 is 1.30 bits per heavy atom. The lowest BCUT2D eigenvalue weighted by Crippen LogP contribution is -2.08. The minimum absolute atomic E-state index is 0.764. The predicted octanol–water partition coefficient (Wildman–Crippen LogP) is 2.25. The molecule has 1 fully saturated rings. The fraction of sp³-hybridized carbons (Fsp3) is 0.667. The standard InChI is InChI=1S/C9H13N/c1-7-4-8-2-3-10-6-9(8)5-7/h2-3,6-9H,4-5H2,1H3. The largest absolute Gasteiger partial charge is 0.269 e. The van der Waals surface area contributed by atoms with Gasteiger partial charge in [-0.3, -0.25) is 4.99 Å². The Bertz CT molecular complexity index is 161. The molecule has 2 aliphatic rings. The van der Waals surface area contributed by atoms with E-state index in [0.29, 0.717) is 0 Å². The first-order chi connectivity index (χ1) is 4.86. The molecule has 0 aromatic carbocycles. The van der Waals surface area contributed by atoms with E-state index in [9.17, 15) is 0 Å². The fourth-order valence-electron chi connectivity index (χ4n) is 2.09. The molecule has 1 heterocycles. The number of fused-ring (bicyclic) bond motifs is 1. The van der Waals surface area contributed by atoms with Crippen LogP contribution < -0.4 is 0 Å². The van der Waals surface area contributed by atoms with Crippen LogP contribution in [0.1, 0.15) is 19.8 Å². The minimum atomic E-state index is 0.764. The van der Waals surface area contributed by atoms with Gasteiger partial charge < -0.3 is 0 Å². The smallest absolute Gasteiger partial charge is 0.0227 e. The molecule has 0 aromatic heterocycles. The summed E-state index contributed by atoms with van der Waals surface area (Å²) in [7, 11) is 0. The van der Waals surface area contributed by atoms with Crippen molar-refractivity contribution in [3.8, 4) is 0 Å². The molecular formula is C9H13N. The van der Waals surface area contributed by atoms with Crippen LogP contribution in [0.25, 0.3) is 0 Å². The SMILES string of the molecule is CC1CC2C=CN=CC2C1. The fourth-order valence-corrected chi connectivity index (χ4v) is 2.09. The van der Waals surface area contributed by atoms with Crippen LogP contribution in [0.4, 0.5) is 0 Å². The summed E-state index contributed by atoms with van der Waals surface area (Å²) in [5, 5.41) is 0. The third-order valence-electron chi connectivity index (χ3n) is 2.60. The third-order valence-corrected chi connectivity index (χ3v) is 2.60. The predicted molar refractivity (Wildman–Crippen MR) is 43.0 cm³/mol. The number of hydrogen-bond acceptors (Lipinski definition) is 1. The van der Waals surface area contributed by atoms with Crippen molar-refractivity contribution in [2.24, 2.45) is 22.7 Å². The van der Waals surface area contributed by atoms with Crippen molar-refractivity contribution in [3.05, 3.63) is 12.3 Å². The van der Waals surface area contributed by atoms with Crippen molar-refractivity contribution in [1.82, 2.24) is 0 Å². The third kappa shape index (κ3) is 0.898. The molecule has 0 spiro atoms. The van der Waals surface area contributed by atoms with E-state index in [4.69, 9.17) is 0 Å². The molecule has 0 amide bonds. The molecule has 10 heavy (non-hydrogen) atoms. The number of aliphatic imine (C=N–C) groups is 1. The van der Waals surface area contributed by atoms with Crippen LogP contribution in [0.15, 0.2) is 17.3 Å². The summed E-state index contributed by atoms with van der Waals surface area (Å²) in [5.41, 5.74) is 0. The average molecular weight is 135 g/mol. The van der Waals surface area contributed by atoms with Gasteiger partial charge in [0.1, 0.15) is 0 Å². The summed E-state index contributed by atoms with van der Waals surface area (Å²) in [6, 6.07) is 0. The van der Waals surface area contributed by atoms with Gasteiger partial charge in [-0.15, -0.1) is 0 Å². The van der Waals surface area contributed by atoms with Gasteiger partial charge in [-0.1, -0.05) is 13.0 Å². The van der Waals surface area contributed by atoms with Gasteiger partial charge in [-0.25, -0.2) is 0 Å². The van der Waals surface area contributed by atoms with Gasteiger partial charge in [0.2, 0.25) is 0 Å². The van der Waals surface area contributed by atoms with Crippen molar-refractivity contribution >= 4 is 6.21 Å². The first kappa shape index (κ1) is 6.14. The van der Waals surface area contributed by atoms with Crippen molar-refractivity contribution in [2.75, 3.05) is 0 Å². The molecule has 0 saturated heterocycles. The second-order valence-corrected chi connectivity index (χ2v) is 3.54. The number of hydrogen-bond donors (Lipinski definition) is 0. The van der Waals surface area contributed by atoms with Crippen LogP contribution >= 0.6 is 0 Å². The lowest BCUT2D eigenvalue weighted by atomic mass is 9.96. The van der Waals surface area contributed by atoms with Crippen molar-refractivity contribution in [2.45, 2.75) is 19.8 Å². The first-order valence-electron chi connectivity index (χ1n) is 4.06. The zero-order valence-electron chi connectivity index (χ0n) is 6.33. The van der Waals surface area contributed by atoms with Gasteiger partial charge in [0.15, 0.2) is 0 Å². The van der Waals surface area contributed by atoms with Gasteiger partial charge in [-0.05, 0) is 24.7 Å². The van der Waals surface area contributed by atoms with Crippen molar-refractivity contribution < 1.29 is 0 Å². The van der Waals surface area contributed by atoms with Gasteiger partial charge in [-0.2, -0.15) is 0 Å². The normalized spacial score (nSPS) is 43.9. The molecule has 2 rings (SSSR count). The number of rotatable bonds is 0. The summed E-state index contributed by atoms with van der Waals surface area (Å²) in [4.78, 5) is 4.15. The zero-order valence-corrected chi connectivity index (χ0v) is 6.33. The molecular weight excluding hydrogens is 122 g/mol. The molecule has 1 nitrogen and oxygen atoms in total. The van der Waals surface area contributed by atoms with Crippen LogP contribution in [0.3, 0.4) is 0 Å². The Kier molecular flexibility index (Phi) is 1.37. The maximum atomic E-state index is 4.15. The molecule has 0 aromatic rings. The van der Waals surface area contributed by atoms with E-state index in [-0.39, 0.29) is 0 Å². The highest BCUT2D eigenvalue weighted by Gasteiger charge is 2.29. The number of allylic oxidation sites excluding steroid dienone is 1. The molecule has 1 aliphatic carbocycles. The summed E-state index contributed by atoms with van der Waals surface area (Å²) < 4.78 is 0. The van der Waals surface area contributed by atoms with E-state index in [2.05, 4.69) is 24.2 Å². The second-order valence-electron chi connectivity index (χ2n) is 3.54. The Morgan fingerprint density at radius 2 is 2.10 bits per heavy atom. The molecule has 0 radical (unpaired) electrons. The van der Waals surface area contributed by atoms with Gasteiger partial charge in [0.05, 0.1) is 0 Å². The van der Waals surface area contributed by atoms with Gasteiger partial charge in [0.25, 0.3) is 0 Å². The highest BCUT2D eigenvalue weighted by atomic mass is 14.7. The van der Waals surface area contributed by atoms with Crippen LogP contribution in [0.2, 0.25) is 0 Å². The highest BCUT2D eigenvalue weighted by Crippen LogP contribution is 2.37. The topological polar surface area (TPSA) is 12.4 Å². The van der Waals surface area contributed by atoms with Crippen molar-refractivity contribution in [1.29, 1.82) is 0 Å². The van der Waals surface area contributed by atoms with Crippen LogP contribution in [-0.4, -0.2) is 6.21 Å². The van der Waals surface area contributed by atoms with E-state index in [1.807, 2.05) is 6.20 Å². The quantitative estimate of drug-likeness (QED) is 0.483. The maximum Gasteiger partial charge on any atom is 0.0227 e. The lowest BCUT2D eigenvalue weighted by Gasteiger charge is -2.12. The first-order valence-corrected chi connectivity index (χ1v) is 4.06. The molecule has 1 aliphatic heterocycles. The summed E-state index contributed by atoms with van der Waals surface area (Å²) >= 11 is 0. The zero-order chi connectivity index (χ0) is 6.97. The Morgan fingerprint density at radius 3 is 2.90 bits per heavy atom. The van der Waals surface area contributed by atoms with E-state index in [0.717, 1.165) is 17.8 Å². The Labute approximate surface area is 61.9 Å². The molecule has 3 unspecified atom stereocenters. The van der Waals surface area contributed by atoms with E-state index in [1.54, 1.807) is 0 Å². The molecule has 54 valence electrons. The Hall–Kier alpha value is -0.590. The molecule has 0 N–H and O–H groups in total. The van der Waals surface area contributed by atoms with Crippen molar-refractivity contribution in [3.63, 3.8) is 0 Å². The maximum absolute atomic E-state index is 4.15. The minimum Gasteiger partial charge on any atom is -0.269 e.